The molecule has 0 N–H and O–H groups in total. The van der Waals surface area contributed by atoms with Gasteiger partial charge < -0.3 is 13.6 Å². The minimum Gasteiger partial charge on any atom is -0.456 e. The van der Waals surface area contributed by atoms with E-state index >= 15 is 0 Å². The average molecular weight is 727 g/mol. The molecule has 0 radical (unpaired) electrons. The molecule has 0 unspecified atom stereocenters. The number of rotatable bonds is 5. The van der Waals surface area contributed by atoms with E-state index in [0.717, 1.165) is 38.7 Å². The van der Waals surface area contributed by atoms with Gasteiger partial charge in [-0.25, -0.2) is 0 Å². The van der Waals surface area contributed by atoms with Gasteiger partial charge in [-0.05, 0) is 94.5 Å². The van der Waals surface area contributed by atoms with Crippen molar-refractivity contribution in [2.45, 2.75) is 0 Å². The molecule has 57 heavy (non-hydrogen) atoms. The minimum absolute atomic E-state index is 0.883. The number of para-hydroxylation sites is 3. The Balaban J connectivity index is 1.03. The second kappa shape index (κ2) is 12.5. The molecule has 12 rings (SSSR count). The van der Waals surface area contributed by atoms with E-state index in [1.165, 1.54) is 71.6 Å². The van der Waals surface area contributed by atoms with Crippen LogP contribution in [-0.2, 0) is 0 Å². The second-order valence-electron chi connectivity index (χ2n) is 14.9. The van der Waals surface area contributed by atoms with Crippen LogP contribution >= 0.6 is 0 Å². The van der Waals surface area contributed by atoms with Crippen molar-refractivity contribution in [3.05, 3.63) is 206 Å². The summed E-state index contributed by atoms with van der Waals surface area (Å²) < 4.78 is 11.4. The molecule has 9 aromatic carbocycles. The zero-order chi connectivity index (χ0) is 37.5. The van der Waals surface area contributed by atoms with Crippen molar-refractivity contribution in [3.8, 4) is 44.8 Å². The van der Waals surface area contributed by atoms with Crippen LogP contribution < -0.4 is 0 Å². The Bertz CT molecular complexity index is 3510. The first-order valence-corrected chi connectivity index (χ1v) is 19.5. The Morgan fingerprint density at radius 3 is 1.47 bits per heavy atom. The molecule has 3 nitrogen and oxygen atoms in total. The molecule has 0 aliphatic heterocycles. The maximum atomic E-state index is 6.56. The normalized spacial score (nSPS) is 11.9. The van der Waals surface area contributed by atoms with Crippen molar-refractivity contribution in [1.82, 2.24) is 9.13 Å². The number of furan rings is 1. The third-order valence-corrected chi connectivity index (χ3v) is 11.7. The van der Waals surface area contributed by atoms with Gasteiger partial charge >= 0.3 is 0 Å². The van der Waals surface area contributed by atoms with E-state index in [1.807, 2.05) is 0 Å². The number of hydrogen-bond acceptors (Lipinski definition) is 1. The smallest absolute Gasteiger partial charge is 0.137 e. The maximum absolute atomic E-state index is 6.56. The molecule has 0 amide bonds. The van der Waals surface area contributed by atoms with Crippen LogP contribution in [0.15, 0.2) is 211 Å². The van der Waals surface area contributed by atoms with Crippen molar-refractivity contribution in [3.63, 3.8) is 0 Å². The number of aromatic nitrogens is 2. The molecule has 12 aromatic rings. The van der Waals surface area contributed by atoms with E-state index in [0.29, 0.717) is 0 Å². The van der Waals surface area contributed by atoms with Crippen molar-refractivity contribution >= 4 is 65.6 Å². The van der Waals surface area contributed by atoms with E-state index in [9.17, 15) is 0 Å². The van der Waals surface area contributed by atoms with Crippen molar-refractivity contribution < 1.29 is 4.42 Å². The fourth-order valence-electron chi connectivity index (χ4n) is 9.16. The van der Waals surface area contributed by atoms with Crippen LogP contribution in [0, 0.1) is 0 Å². The number of hydrogen-bond donors (Lipinski definition) is 0. The molecule has 0 spiro atoms. The summed E-state index contributed by atoms with van der Waals surface area (Å²) in [5.74, 6) is 0. The van der Waals surface area contributed by atoms with Gasteiger partial charge in [0.15, 0.2) is 0 Å². The Hall–Kier alpha value is -7.62. The van der Waals surface area contributed by atoms with Crippen molar-refractivity contribution in [2.75, 3.05) is 0 Å². The summed E-state index contributed by atoms with van der Waals surface area (Å²) >= 11 is 0. The molecule has 0 aliphatic carbocycles. The molecule has 266 valence electrons. The lowest BCUT2D eigenvalue weighted by Crippen LogP contribution is -1.97. The number of nitrogens with zero attached hydrogens (tertiary/aromatic N) is 2. The molecular formula is C54H34N2O. The lowest BCUT2D eigenvalue weighted by atomic mass is 10.0. The van der Waals surface area contributed by atoms with Gasteiger partial charge in [0, 0.05) is 32.5 Å². The summed E-state index contributed by atoms with van der Waals surface area (Å²) in [6, 6.07) is 74.4. The highest BCUT2D eigenvalue weighted by Gasteiger charge is 2.20. The van der Waals surface area contributed by atoms with Gasteiger partial charge in [0.2, 0.25) is 0 Å². The largest absolute Gasteiger partial charge is 0.456 e. The monoisotopic (exact) mass is 726 g/mol. The summed E-state index contributed by atoms with van der Waals surface area (Å²) in [5.41, 5.74) is 15.9. The summed E-state index contributed by atoms with van der Waals surface area (Å²) in [7, 11) is 0. The van der Waals surface area contributed by atoms with Crippen LogP contribution in [0.2, 0.25) is 0 Å². The summed E-state index contributed by atoms with van der Waals surface area (Å²) in [4.78, 5) is 0. The molecule has 0 aliphatic rings. The summed E-state index contributed by atoms with van der Waals surface area (Å²) in [6.45, 7) is 0. The van der Waals surface area contributed by atoms with Crippen LogP contribution in [-0.4, -0.2) is 9.13 Å². The zero-order valence-electron chi connectivity index (χ0n) is 30.9. The number of fused-ring (bicyclic) bond motifs is 9. The molecule has 0 saturated heterocycles. The molecule has 0 saturated carbocycles. The van der Waals surface area contributed by atoms with Crippen LogP contribution in [0.3, 0.4) is 0 Å². The lowest BCUT2D eigenvalue weighted by Gasteiger charge is -2.14. The molecule has 0 atom stereocenters. The SMILES string of the molecule is c1ccc(-c2ccc3c(c2)oc2cccc(-n4c5ccccc5c5cc(-c6ccc7c(c6)c6ccccc6n7-c6ccccc6-c6ccccc6)ccc54)c23)cc1. The predicted octanol–water partition coefficient (Wildman–Crippen LogP) is 14.8. The van der Waals surface area contributed by atoms with E-state index in [2.05, 4.69) is 215 Å². The first kappa shape index (κ1) is 31.7. The van der Waals surface area contributed by atoms with Crippen LogP contribution in [0.5, 0.6) is 0 Å². The predicted molar refractivity (Wildman–Crippen MR) is 239 cm³/mol. The third kappa shape index (κ3) is 4.86. The second-order valence-corrected chi connectivity index (χ2v) is 14.9. The summed E-state index contributed by atoms with van der Waals surface area (Å²) in [5, 5.41) is 7.16. The fourth-order valence-corrected chi connectivity index (χ4v) is 9.16. The number of benzene rings is 9. The van der Waals surface area contributed by atoms with Gasteiger partial charge in [-0.1, -0.05) is 140 Å². The fraction of sp³-hybridized carbons (Fsp3) is 0. The molecule has 3 heteroatoms. The van der Waals surface area contributed by atoms with Gasteiger partial charge in [0.1, 0.15) is 11.2 Å². The highest BCUT2D eigenvalue weighted by atomic mass is 16.3. The van der Waals surface area contributed by atoms with Crippen LogP contribution in [0.4, 0.5) is 0 Å². The summed E-state index contributed by atoms with van der Waals surface area (Å²) in [6.07, 6.45) is 0. The quantitative estimate of drug-likeness (QED) is 0.173. The minimum atomic E-state index is 0.883. The van der Waals surface area contributed by atoms with E-state index in [-0.39, 0.29) is 0 Å². The molecule has 0 bridgehead atoms. The molecule has 3 heterocycles. The lowest BCUT2D eigenvalue weighted by molar-refractivity contribution is 0.669. The van der Waals surface area contributed by atoms with Crippen LogP contribution in [0.1, 0.15) is 0 Å². The third-order valence-electron chi connectivity index (χ3n) is 11.7. The van der Waals surface area contributed by atoms with E-state index < -0.39 is 0 Å². The first-order valence-electron chi connectivity index (χ1n) is 19.5. The Morgan fingerprint density at radius 2 is 0.789 bits per heavy atom. The Morgan fingerprint density at radius 1 is 0.281 bits per heavy atom. The molecular weight excluding hydrogens is 693 g/mol. The van der Waals surface area contributed by atoms with Gasteiger partial charge in [0.25, 0.3) is 0 Å². The Labute approximate surface area is 328 Å². The van der Waals surface area contributed by atoms with E-state index in [4.69, 9.17) is 4.42 Å². The highest BCUT2D eigenvalue weighted by molar-refractivity contribution is 6.16. The van der Waals surface area contributed by atoms with Crippen LogP contribution in [0.25, 0.3) is 110 Å². The van der Waals surface area contributed by atoms with Crippen molar-refractivity contribution in [1.29, 1.82) is 0 Å². The van der Waals surface area contributed by atoms with Crippen molar-refractivity contribution in [2.24, 2.45) is 0 Å². The maximum Gasteiger partial charge on any atom is 0.137 e. The topological polar surface area (TPSA) is 23.0 Å². The first-order chi connectivity index (χ1) is 28.3. The molecule has 0 fully saturated rings. The van der Waals surface area contributed by atoms with Gasteiger partial charge in [-0.3, -0.25) is 0 Å². The highest BCUT2D eigenvalue weighted by Crippen LogP contribution is 2.42. The van der Waals surface area contributed by atoms with Gasteiger partial charge in [0.05, 0.1) is 38.8 Å². The Kier molecular flexibility index (Phi) is 6.93. The average Bonchev–Trinajstić information content (AvgIpc) is 3.94. The molecule has 3 aromatic heterocycles. The van der Waals surface area contributed by atoms with Gasteiger partial charge in [-0.15, -0.1) is 0 Å². The zero-order valence-corrected chi connectivity index (χ0v) is 30.9. The standard InChI is InChI=1S/C54H34N2O/c1-3-14-35(15-4-1)39-26-29-43-53(34-39)57-52-25-13-24-51(54(43)52)56-48-23-12-9-20-42(48)45-33-38(28-31-50(45)56)37-27-30-49-44(32-37)41-19-8-11-22-47(41)55(49)46-21-10-7-18-40(46)36-16-5-2-6-17-36/h1-34H. The van der Waals surface area contributed by atoms with Gasteiger partial charge in [-0.2, -0.15) is 0 Å². The van der Waals surface area contributed by atoms with E-state index in [1.54, 1.807) is 0 Å².